The van der Waals surface area contributed by atoms with Crippen molar-refractivity contribution in [3.8, 4) is 0 Å². The highest BCUT2D eigenvalue weighted by molar-refractivity contribution is 5.66. The van der Waals surface area contributed by atoms with E-state index in [2.05, 4.69) is 43.4 Å². The number of carbonyl (C=O) groups is 1. The monoisotopic (exact) mass is 332 g/mol. The van der Waals surface area contributed by atoms with Crippen LogP contribution in [-0.2, 0) is 4.79 Å². The number of aliphatic carboxylic acids is 1. The maximum atomic E-state index is 10.3. The molecule has 0 aliphatic heterocycles. The summed E-state index contributed by atoms with van der Waals surface area (Å²) >= 11 is 0. The summed E-state index contributed by atoms with van der Waals surface area (Å²) in [5.41, 5.74) is 0. The molecule has 0 amide bonds. The number of rotatable bonds is 16. The van der Waals surface area contributed by atoms with E-state index in [0.29, 0.717) is 6.42 Å². The van der Waals surface area contributed by atoms with Crippen molar-refractivity contribution in [3.63, 3.8) is 0 Å². The fourth-order valence-corrected chi connectivity index (χ4v) is 2.28. The van der Waals surface area contributed by atoms with Crippen LogP contribution in [0, 0.1) is 0 Å². The molecule has 0 aromatic rings. The number of carboxylic acid groups (broad SMARTS) is 1. The van der Waals surface area contributed by atoms with Gasteiger partial charge in [-0.25, -0.2) is 0 Å². The van der Waals surface area contributed by atoms with E-state index in [0.717, 1.165) is 25.7 Å². The zero-order chi connectivity index (χ0) is 17.7. The molecule has 0 heterocycles. The lowest BCUT2D eigenvalue weighted by molar-refractivity contribution is -0.136. The maximum absolute atomic E-state index is 10.3. The maximum Gasteiger partial charge on any atom is 0.303 e. The van der Waals surface area contributed by atoms with Gasteiger partial charge in [-0.15, -0.1) is 0 Å². The van der Waals surface area contributed by atoms with Gasteiger partial charge in [0, 0.05) is 6.42 Å². The summed E-state index contributed by atoms with van der Waals surface area (Å²) in [7, 11) is 0. The summed E-state index contributed by atoms with van der Waals surface area (Å²) in [6, 6.07) is 0. The molecular weight excluding hydrogens is 296 g/mol. The van der Waals surface area contributed by atoms with E-state index < -0.39 is 5.97 Å². The summed E-state index contributed by atoms with van der Waals surface area (Å²) in [4.78, 5) is 10.3. The first-order valence-electron chi connectivity index (χ1n) is 9.59. The summed E-state index contributed by atoms with van der Waals surface area (Å²) in [6.45, 7) is 2.26. The van der Waals surface area contributed by atoms with Crippen molar-refractivity contribution in [3.05, 3.63) is 48.6 Å². The van der Waals surface area contributed by atoms with E-state index in [1.54, 1.807) is 0 Å². The van der Waals surface area contributed by atoms with E-state index in [1.165, 1.54) is 38.5 Å². The van der Waals surface area contributed by atoms with E-state index in [4.69, 9.17) is 5.11 Å². The zero-order valence-electron chi connectivity index (χ0n) is 15.5. The molecule has 2 nitrogen and oxygen atoms in total. The van der Waals surface area contributed by atoms with Crippen molar-refractivity contribution in [1.29, 1.82) is 0 Å². The van der Waals surface area contributed by atoms with Crippen LogP contribution in [0.15, 0.2) is 48.6 Å². The molecule has 0 unspecified atom stereocenters. The topological polar surface area (TPSA) is 37.3 Å². The zero-order valence-corrected chi connectivity index (χ0v) is 15.5. The molecule has 0 saturated carbocycles. The lowest BCUT2D eigenvalue weighted by atomic mass is 10.1. The smallest absolute Gasteiger partial charge is 0.303 e. The highest BCUT2D eigenvalue weighted by atomic mass is 16.4. The quantitative estimate of drug-likeness (QED) is 0.244. The van der Waals surface area contributed by atoms with E-state index in [1.807, 2.05) is 12.2 Å². The Bertz CT molecular complexity index is 389. The van der Waals surface area contributed by atoms with Crippen molar-refractivity contribution in [2.75, 3.05) is 0 Å². The fourth-order valence-electron chi connectivity index (χ4n) is 2.28. The van der Waals surface area contributed by atoms with Crippen LogP contribution in [0.1, 0.15) is 84.0 Å². The third-order valence-corrected chi connectivity index (χ3v) is 3.71. The normalized spacial score (nSPS) is 12.4. The number of hydrogen-bond acceptors (Lipinski definition) is 1. The molecule has 24 heavy (non-hydrogen) atoms. The summed E-state index contributed by atoms with van der Waals surface area (Å²) in [5, 5.41) is 8.50. The van der Waals surface area contributed by atoms with Crippen molar-refractivity contribution >= 4 is 5.97 Å². The molecule has 1 N–H and O–H groups in total. The van der Waals surface area contributed by atoms with Crippen LogP contribution in [0.2, 0.25) is 0 Å². The fraction of sp³-hybridized carbons (Fsp3) is 0.591. The van der Waals surface area contributed by atoms with Crippen molar-refractivity contribution in [1.82, 2.24) is 0 Å². The van der Waals surface area contributed by atoms with Gasteiger partial charge in [-0.3, -0.25) is 4.79 Å². The Morgan fingerprint density at radius 2 is 1.17 bits per heavy atom. The molecule has 0 spiro atoms. The van der Waals surface area contributed by atoms with Crippen LogP contribution >= 0.6 is 0 Å². The van der Waals surface area contributed by atoms with E-state index in [-0.39, 0.29) is 6.42 Å². The molecule has 0 rings (SSSR count). The van der Waals surface area contributed by atoms with Gasteiger partial charge in [0.25, 0.3) is 0 Å². The highest BCUT2D eigenvalue weighted by Gasteiger charge is 1.90. The molecule has 136 valence electrons. The predicted molar refractivity (Wildman–Crippen MR) is 105 cm³/mol. The van der Waals surface area contributed by atoms with Gasteiger partial charge in [0.15, 0.2) is 0 Å². The predicted octanol–water partition coefficient (Wildman–Crippen LogP) is 7.00. The minimum absolute atomic E-state index is 0.219. The minimum atomic E-state index is -0.734. The van der Waals surface area contributed by atoms with Crippen molar-refractivity contribution < 1.29 is 9.90 Å². The van der Waals surface area contributed by atoms with Crippen LogP contribution in [0.25, 0.3) is 0 Å². The van der Waals surface area contributed by atoms with Gasteiger partial charge >= 0.3 is 5.97 Å². The molecule has 0 radical (unpaired) electrons. The minimum Gasteiger partial charge on any atom is -0.481 e. The van der Waals surface area contributed by atoms with Crippen molar-refractivity contribution in [2.24, 2.45) is 0 Å². The molecular formula is C22H36O2. The van der Waals surface area contributed by atoms with Crippen LogP contribution in [0.3, 0.4) is 0 Å². The molecule has 0 aliphatic carbocycles. The molecule has 0 atom stereocenters. The first-order chi connectivity index (χ1) is 11.8. The largest absolute Gasteiger partial charge is 0.481 e. The molecule has 0 saturated heterocycles. The van der Waals surface area contributed by atoms with Crippen molar-refractivity contribution in [2.45, 2.75) is 84.0 Å². The Kier molecular flexibility index (Phi) is 18.2. The summed E-state index contributed by atoms with van der Waals surface area (Å²) in [6.07, 6.45) is 30.3. The SMILES string of the molecule is CCCCCCC/C=C/CC/C=C/C/C=C/C/C=C/CCC(=O)O. The van der Waals surface area contributed by atoms with Gasteiger partial charge < -0.3 is 5.11 Å². The van der Waals surface area contributed by atoms with Crippen LogP contribution in [0.5, 0.6) is 0 Å². The van der Waals surface area contributed by atoms with E-state index >= 15 is 0 Å². The van der Waals surface area contributed by atoms with Gasteiger partial charge in [-0.1, -0.05) is 81.2 Å². The summed E-state index contributed by atoms with van der Waals surface area (Å²) in [5.74, 6) is -0.734. The second-order valence-electron chi connectivity index (χ2n) is 6.07. The Morgan fingerprint density at radius 3 is 1.79 bits per heavy atom. The van der Waals surface area contributed by atoms with Crippen LogP contribution < -0.4 is 0 Å². The second-order valence-corrected chi connectivity index (χ2v) is 6.07. The van der Waals surface area contributed by atoms with Gasteiger partial charge in [0.1, 0.15) is 0 Å². The number of unbranched alkanes of at least 4 members (excludes halogenated alkanes) is 6. The number of carboxylic acids is 1. The molecule has 0 fully saturated rings. The average Bonchev–Trinajstić information content (AvgIpc) is 2.56. The standard InChI is InChI=1S/C22H36O2/c1-2-3-4-5-6-7-8-9-10-11-12-13-14-15-16-17-18-19-20-21-22(23)24/h8-9,12-13,15-16,18-19H,2-7,10-11,14,17,20-21H2,1H3,(H,23,24)/b9-8+,13-12+,16-15+,19-18+. The van der Waals surface area contributed by atoms with Gasteiger partial charge in [0.05, 0.1) is 0 Å². The molecule has 0 bridgehead atoms. The van der Waals surface area contributed by atoms with Gasteiger partial charge in [-0.05, 0) is 44.9 Å². The third kappa shape index (κ3) is 20.4. The summed E-state index contributed by atoms with van der Waals surface area (Å²) < 4.78 is 0. The highest BCUT2D eigenvalue weighted by Crippen LogP contribution is 2.06. The first-order valence-corrected chi connectivity index (χ1v) is 9.59. The molecule has 0 aromatic heterocycles. The van der Waals surface area contributed by atoms with Crippen LogP contribution in [-0.4, -0.2) is 11.1 Å². The Balaban J connectivity index is 3.36. The Hall–Kier alpha value is -1.57. The van der Waals surface area contributed by atoms with Crippen LogP contribution in [0.4, 0.5) is 0 Å². The van der Waals surface area contributed by atoms with Gasteiger partial charge in [-0.2, -0.15) is 0 Å². The number of hydrogen-bond donors (Lipinski definition) is 1. The molecule has 0 aliphatic rings. The first kappa shape index (κ1) is 22.4. The lowest BCUT2D eigenvalue weighted by Crippen LogP contribution is -1.91. The lowest BCUT2D eigenvalue weighted by Gasteiger charge is -1.95. The molecule has 0 aromatic carbocycles. The van der Waals surface area contributed by atoms with E-state index in [9.17, 15) is 4.79 Å². The third-order valence-electron chi connectivity index (χ3n) is 3.71. The van der Waals surface area contributed by atoms with Gasteiger partial charge in [0.2, 0.25) is 0 Å². The Morgan fingerprint density at radius 1 is 0.667 bits per heavy atom. The second kappa shape index (κ2) is 19.5. The average molecular weight is 333 g/mol. The Labute approximate surface area is 149 Å². The molecule has 2 heteroatoms. The number of allylic oxidation sites excluding steroid dienone is 8.